The van der Waals surface area contributed by atoms with Gasteiger partial charge in [-0.05, 0) is 18.3 Å². The maximum atomic E-state index is 11.7. The molecule has 0 fully saturated rings. The van der Waals surface area contributed by atoms with E-state index in [1.54, 1.807) is 0 Å². The lowest BCUT2D eigenvalue weighted by Gasteiger charge is -2.15. The van der Waals surface area contributed by atoms with Crippen molar-refractivity contribution in [3.63, 3.8) is 0 Å². The molecule has 0 aromatic carbocycles. The van der Waals surface area contributed by atoms with Gasteiger partial charge in [-0.1, -0.05) is 27.7 Å². The number of nitrogens with one attached hydrogen (secondary N) is 1. The first-order valence-corrected chi connectivity index (χ1v) is 6.07. The van der Waals surface area contributed by atoms with E-state index in [0.29, 0.717) is 11.7 Å². The molecule has 0 saturated heterocycles. The Kier molecular flexibility index (Phi) is 4.73. The van der Waals surface area contributed by atoms with Crippen LogP contribution in [-0.2, 0) is 16.0 Å². The fourth-order valence-corrected chi connectivity index (χ4v) is 1.90. The van der Waals surface area contributed by atoms with Gasteiger partial charge in [-0.25, -0.2) is 4.98 Å². The molecule has 4 nitrogen and oxygen atoms in total. The second-order valence-electron chi connectivity index (χ2n) is 5.14. The lowest BCUT2D eigenvalue weighted by molar-refractivity contribution is -0.143. The van der Waals surface area contributed by atoms with Gasteiger partial charge in [0.15, 0.2) is 0 Å². The maximum Gasteiger partial charge on any atom is 0.316 e. The summed E-state index contributed by atoms with van der Waals surface area (Å²) < 4.78 is 4.82. The third kappa shape index (κ3) is 3.58. The van der Waals surface area contributed by atoms with Crippen molar-refractivity contribution in [2.24, 2.45) is 11.8 Å². The summed E-state index contributed by atoms with van der Waals surface area (Å²) in [6, 6.07) is 0. The molecule has 1 aromatic heterocycles. The molecule has 1 heterocycles. The zero-order valence-electron chi connectivity index (χ0n) is 11.3. The highest BCUT2D eigenvalue weighted by Crippen LogP contribution is 2.23. The standard InChI is InChI=1S/C13H22N2O2/c1-8(2)6-10-7-14-12(15-10)11(9(3)4)13(16)17-5/h7-9,11H,6H2,1-5H3,(H,14,15). The van der Waals surface area contributed by atoms with Crippen molar-refractivity contribution >= 4 is 5.97 Å². The Labute approximate surface area is 103 Å². The number of carbonyl (C=O) groups excluding carboxylic acids is 1. The number of imidazole rings is 1. The molecule has 0 amide bonds. The van der Waals surface area contributed by atoms with E-state index >= 15 is 0 Å². The van der Waals surface area contributed by atoms with Gasteiger partial charge in [0.25, 0.3) is 0 Å². The summed E-state index contributed by atoms with van der Waals surface area (Å²) in [5.41, 5.74) is 1.07. The zero-order chi connectivity index (χ0) is 13.0. The van der Waals surface area contributed by atoms with E-state index in [0.717, 1.165) is 12.1 Å². The minimum Gasteiger partial charge on any atom is -0.468 e. The first kappa shape index (κ1) is 13.7. The second-order valence-corrected chi connectivity index (χ2v) is 5.14. The van der Waals surface area contributed by atoms with Crippen molar-refractivity contribution in [3.8, 4) is 0 Å². The summed E-state index contributed by atoms with van der Waals surface area (Å²) in [4.78, 5) is 19.2. The lowest BCUT2D eigenvalue weighted by Crippen LogP contribution is -2.20. The summed E-state index contributed by atoms with van der Waals surface area (Å²) in [5.74, 6) is 0.910. The van der Waals surface area contributed by atoms with Crippen molar-refractivity contribution in [2.75, 3.05) is 7.11 Å². The van der Waals surface area contributed by atoms with Crippen LogP contribution in [0, 0.1) is 11.8 Å². The van der Waals surface area contributed by atoms with Crippen LogP contribution in [0.25, 0.3) is 0 Å². The molecular formula is C13H22N2O2. The Morgan fingerprint density at radius 1 is 1.41 bits per heavy atom. The number of rotatable bonds is 5. The van der Waals surface area contributed by atoms with Crippen LogP contribution in [0.4, 0.5) is 0 Å². The minimum absolute atomic E-state index is 0.167. The van der Waals surface area contributed by atoms with E-state index in [1.165, 1.54) is 7.11 Å². The average molecular weight is 238 g/mol. The minimum atomic E-state index is -0.305. The van der Waals surface area contributed by atoms with E-state index in [4.69, 9.17) is 4.74 Å². The molecule has 0 aliphatic heterocycles. The van der Waals surface area contributed by atoms with Crippen LogP contribution in [0.1, 0.15) is 45.1 Å². The van der Waals surface area contributed by atoms with Crippen LogP contribution in [-0.4, -0.2) is 23.0 Å². The van der Waals surface area contributed by atoms with Crippen molar-refractivity contribution in [2.45, 2.75) is 40.0 Å². The zero-order valence-corrected chi connectivity index (χ0v) is 11.3. The predicted octanol–water partition coefficient (Wildman–Crippen LogP) is 2.52. The Balaban J connectivity index is 2.88. The van der Waals surface area contributed by atoms with E-state index in [-0.39, 0.29) is 17.8 Å². The van der Waals surface area contributed by atoms with Crippen molar-refractivity contribution in [1.29, 1.82) is 0 Å². The molecule has 0 saturated carbocycles. The quantitative estimate of drug-likeness (QED) is 0.802. The molecule has 17 heavy (non-hydrogen) atoms. The number of nitrogens with zero attached hydrogens (tertiary/aromatic N) is 1. The molecule has 4 heteroatoms. The molecule has 0 spiro atoms. The summed E-state index contributed by atoms with van der Waals surface area (Å²) in [7, 11) is 1.41. The van der Waals surface area contributed by atoms with Gasteiger partial charge in [0.1, 0.15) is 11.7 Å². The molecule has 1 unspecified atom stereocenters. The topological polar surface area (TPSA) is 55.0 Å². The fourth-order valence-electron chi connectivity index (χ4n) is 1.90. The number of methoxy groups -OCH3 is 1. The average Bonchev–Trinajstić information content (AvgIpc) is 2.64. The van der Waals surface area contributed by atoms with Gasteiger partial charge in [0.05, 0.1) is 7.11 Å². The molecule has 0 bridgehead atoms. The molecule has 96 valence electrons. The second kappa shape index (κ2) is 5.84. The van der Waals surface area contributed by atoms with Crippen LogP contribution < -0.4 is 0 Å². The fraction of sp³-hybridized carbons (Fsp3) is 0.692. The number of ether oxygens (including phenoxy) is 1. The Hall–Kier alpha value is -1.32. The van der Waals surface area contributed by atoms with E-state index in [1.807, 2.05) is 20.0 Å². The Morgan fingerprint density at radius 3 is 2.53 bits per heavy atom. The molecular weight excluding hydrogens is 216 g/mol. The van der Waals surface area contributed by atoms with Crippen LogP contribution in [0.5, 0.6) is 0 Å². The molecule has 0 aliphatic rings. The molecule has 0 radical (unpaired) electrons. The first-order valence-electron chi connectivity index (χ1n) is 6.07. The summed E-state index contributed by atoms with van der Waals surface area (Å²) in [6.07, 6.45) is 2.76. The van der Waals surface area contributed by atoms with Gasteiger partial charge < -0.3 is 9.72 Å². The van der Waals surface area contributed by atoms with E-state index in [2.05, 4.69) is 23.8 Å². The highest BCUT2D eigenvalue weighted by atomic mass is 16.5. The lowest BCUT2D eigenvalue weighted by atomic mass is 9.95. The summed E-state index contributed by atoms with van der Waals surface area (Å²) >= 11 is 0. The Morgan fingerprint density at radius 2 is 2.06 bits per heavy atom. The summed E-state index contributed by atoms with van der Waals surface area (Å²) in [5, 5.41) is 0. The molecule has 1 atom stereocenters. The van der Waals surface area contributed by atoms with Crippen molar-refractivity contribution in [3.05, 3.63) is 17.7 Å². The third-order valence-corrected chi connectivity index (χ3v) is 2.69. The van der Waals surface area contributed by atoms with Gasteiger partial charge in [-0.2, -0.15) is 0 Å². The van der Waals surface area contributed by atoms with Crippen LogP contribution in [0.2, 0.25) is 0 Å². The van der Waals surface area contributed by atoms with Gasteiger partial charge in [-0.3, -0.25) is 4.79 Å². The predicted molar refractivity (Wildman–Crippen MR) is 66.7 cm³/mol. The number of hydrogen-bond acceptors (Lipinski definition) is 3. The number of H-pyrrole nitrogens is 1. The highest BCUT2D eigenvalue weighted by Gasteiger charge is 2.27. The molecule has 0 aliphatic carbocycles. The van der Waals surface area contributed by atoms with Gasteiger partial charge in [0, 0.05) is 11.9 Å². The van der Waals surface area contributed by atoms with Crippen LogP contribution >= 0.6 is 0 Å². The van der Waals surface area contributed by atoms with E-state index < -0.39 is 0 Å². The third-order valence-electron chi connectivity index (χ3n) is 2.69. The number of hydrogen-bond donors (Lipinski definition) is 1. The molecule has 1 aromatic rings. The van der Waals surface area contributed by atoms with Gasteiger partial charge in [-0.15, -0.1) is 0 Å². The summed E-state index contributed by atoms with van der Waals surface area (Å²) in [6.45, 7) is 8.29. The molecule has 1 rings (SSSR count). The monoisotopic (exact) mass is 238 g/mol. The van der Waals surface area contributed by atoms with Gasteiger partial charge >= 0.3 is 5.97 Å². The Bertz CT molecular complexity index is 369. The maximum absolute atomic E-state index is 11.7. The van der Waals surface area contributed by atoms with Crippen molar-refractivity contribution < 1.29 is 9.53 Å². The molecule has 1 N–H and O–H groups in total. The van der Waals surface area contributed by atoms with Crippen LogP contribution in [0.3, 0.4) is 0 Å². The van der Waals surface area contributed by atoms with Gasteiger partial charge in [0.2, 0.25) is 0 Å². The van der Waals surface area contributed by atoms with Crippen LogP contribution in [0.15, 0.2) is 6.20 Å². The smallest absolute Gasteiger partial charge is 0.316 e. The number of esters is 1. The largest absolute Gasteiger partial charge is 0.468 e. The van der Waals surface area contributed by atoms with Crippen molar-refractivity contribution in [1.82, 2.24) is 9.97 Å². The van der Waals surface area contributed by atoms with E-state index in [9.17, 15) is 4.79 Å². The SMILES string of the molecule is COC(=O)C(c1ncc(CC(C)C)[nH]1)C(C)C. The normalized spacial score (nSPS) is 13.1. The number of aromatic amines is 1. The number of aromatic nitrogens is 2. The first-order chi connectivity index (χ1) is 7.95. The highest BCUT2D eigenvalue weighted by molar-refractivity contribution is 5.77. The number of carbonyl (C=O) groups is 1.